The minimum Gasteiger partial charge on any atom is -0.398 e. The predicted octanol–water partition coefficient (Wildman–Crippen LogP) is 4.08. The van der Waals surface area contributed by atoms with Gasteiger partial charge in [0.05, 0.1) is 17.3 Å². The number of rotatable bonds is 2. The van der Waals surface area contributed by atoms with E-state index in [1.54, 1.807) is 24.4 Å². The number of amides is 1. The third kappa shape index (κ3) is 5.30. The summed E-state index contributed by atoms with van der Waals surface area (Å²) in [4.78, 5) is 36.1. The summed E-state index contributed by atoms with van der Waals surface area (Å²) in [6.07, 6.45) is 5.84. The van der Waals surface area contributed by atoms with Crippen LogP contribution >= 0.6 is 0 Å². The smallest absolute Gasteiger partial charge is 0.245 e. The molecule has 7 rings (SSSR count). The molecule has 0 aliphatic carbocycles. The van der Waals surface area contributed by atoms with Gasteiger partial charge in [0.2, 0.25) is 5.91 Å². The number of pyridine rings is 1. The molecule has 0 radical (unpaired) electrons. The predicted molar refractivity (Wildman–Crippen MR) is 169 cm³/mol. The summed E-state index contributed by atoms with van der Waals surface area (Å²) >= 11 is 0. The van der Waals surface area contributed by atoms with Gasteiger partial charge in [0.1, 0.15) is 35.5 Å². The number of nitrogens with two attached hydrogens (primary N) is 1. The van der Waals surface area contributed by atoms with E-state index in [0.717, 1.165) is 29.0 Å². The van der Waals surface area contributed by atoms with Crippen LogP contribution in [0.15, 0.2) is 72.1 Å². The molecule has 3 aromatic heterocycles. The van der Waals surface area contributed by atoms with Gasteiger partial charge in [-0.2, -0.15) is 5.10 Å². The Morgan fingerprint density at radius 1 is 1.07 bits per heavy atom. The van der Waals surface area contributed by atoms with Crippen molar-refractivity contribution >= 4 is 40.5 Å². The summed E-state index contributed by atoms with van der Waals surface area (Å²) in [5, 5.41) is 8.43. The first-order chi connectivity index (χ1) is 21.9. The Hall–Kier alpha value is -5.46. The number of carbonyl (C=O) groups excluding carboxylic acids is 1. The minimum absolute atomic E-state index is 0.0543. The first-order valence-corrected chi connectivity index (χ1v) is 14.7. The fourth-order valence-electron chi connectivity index (χ4n) is 6.04. The normalized spacial score (nSPS) is 18.7. The molecule has 4 bridgehead atoms. The van der Waals surface area contributed by atoms with Crippen LogP contribution in [0.3, 0.4) is 0 Å². The molecule has 0 saturated carbocycles. The van der Waals surface area contributed by atoms with Gasteiger partial charge in [-0.05, 0) is 43.2 Å². The average molecular weight is 609 g/mol. The quantitative estimate of drug-likeness (QED) is 0.287. The van der Waals surface area contributed by atoms with Gasteiger partial charge in [-0.3, -0.25) is 9.79 Å². The topological polar surface area (TPSA) is 130 Å². The van der Waals surface area contributed by atoms with Crippen LogP contribution in [0.25, 0.3) is 28.0 Å². The summed E-state index contributed by atoms with van der Waals surface area (Å²) in [6, 6.07) is 14.0. The second-order valence-corrected chi connectivity index (χ2v) is 11.2. The molecule has 5 heterocycles. The highest BCUT2D eigenvalue weighted by atomic mass is 19.1. The maximum absolute atomic E-state index is 14.7. The van der Waals surface area contributed by atoms with Gasteiger partial charge in [-0.1, -0.05) is 18.2 Å². The van der Waals surface area contributed by atoms with Gasteiger partial charge in [0.25, 0.3) is 0 Å². The first kappa shape index (κ1) is 28.3. The van der Waals surface area contributed by atoms with E-state index in [9.17, 15) is 13.6 Å². The zero-order valence-corrected chi connectivity index (χ0v) is 24.4. The third-order valence-electron chi connectivity index (χ3n) is 8.24. The Kier molecular flexibility index (Phi) is 7.28. The largest absolute Gasteiger partial charge is 0.398 e. The van der Waals surface area contributed by atoms with Gasteiger partial charge in [-0.25, -0.2) is 28.4 Å². The molecule has 1 fully saturated rings. The minimum atomic E-state index is -0.770. The molecule has 2 aromatic carbocycles. The molecule has 13 heteroatoms. The maximum Gasteiger partial charge on any atom is 0.245 e. The molecule has 2 unspecified atom stereocenters. The van der Waals surface area contributed by atoms with Gasteiger partial charge in [0.15, 0.2) is 11.5 Å². The fraction of sp³-hybridized carbons (Fsp3) is 0.250. The van der Waals surface area contributed by atoms with Crippen molar-refractivity contribution in [2.24, 2.45) is 4.99 Å². The number of anilines is 3. The SMILES string of the molecule is CN1CCCN=Cc2c(N)cccc2-c2cccc(n2)NC2CC(C1=O)N(c1ncnc3c1cnn3-c1ccc(F)cc1F)C2. The molecule has 2 aliphatic heterocycles. The van der Waals surface area contributed by atoms with Crippen molar-refractivity contribution in [2.45, 2.75) is 24.9 Å². The number of carbonyl (C=O) groups is 1. The van der Waals surface area contributed by atoms with E-state index >= 15 is 0 Å². The number of aromatic nitrogens is 5. The van der Waals surface area contributed by atoms with Crippen molar-refractivity contribution in [1.29, 1.82) is 0 Å². The van der Waals surface area contributed by atoms with Crippen LogP contribution in [0.5, 0.6) is 0 Å². The van der Waals surface area contributed by atoms with Gasteiger partial charge < -0.3 is 20.9 Å². The summed E-state index contributed by atoms with van der Waals surface area (Å²) < 4.78 is 29.6. The lowest BCUT2D eigenvalue weighted by Crippen LogP contribution is -2.45. The number of likely N-dealkylation sites (N-methyl/N-ethyl adjacent to an activating group) is 1. The zero-order chi connectivity index (χ0) is 31.1. The van der Waals surface area contributed by atoms with E-state index in [4.69, 9.17) is 10.7 Å². The summed E-state index contributed by atoms with van der Waals surface area (Å²) in [7, 11) is 1.79. The van der Waals surface area contributed by atoms with Crippen molar-refractivity contribution in [3.63, 3.8) is 0 Å². The number of hydrogen-bond acceptors (Lipinski definition) is 9. The summed E-state index contributed by atoms with van der Waals surface area (Å²) in [5.41, 5.74) is 9.77. The second-order valence-electron chi connectivity index (χ2n) is 11.2. The monoisotopic (exact) mass is 608 g/mol. The van der Waals surface area contributed by atoms with Crippen LogP contribution in [-0.2, 0) is 4.79 Å². The Morgan fingerprint density at radius 3 is 2.80 bits per heavy atom. The molecular weight excluding hydrogens is 578 g/mol. The highest BCUT2D eigenvalue weighted by molar-refractivity contribution is 5.96. The number of hydrogen-bond donors (Lipinski definition) is 2. The van der Waals surface area contributed by atoms with Crippen LogP contribution in [0, 0.1) is 11.6 Å². The van der Waals surface area contributed by atoms with Crippen LogP contribution < -0.4 is 16.0 Å². The van der Waals surface area contributed by atoms with Crippen molar-refractivity contribution in [3.05, 3.63) is 84.3 Å². The summed E-state index contributed by atoms with van der Waals surface area (Å²) in [5.74, 6) is -0.364. The van der Waals surface area contributed by atoms with Crippen molar-refractivity contribution in [3.8, 4) is 16.9 Å². The Morgan fingerprint density at radius 2 is 1.93 bits per heavy atom. The molecule has 228 valence electrons. The highest BCUT2D eigenvalue weighted by Crippen LogP contribution is 2.33. The van der Waals surface area contributed by atoms with E-state index in [2.05, 4.69) is 25.4 Å². The zero-order valence-electron chi connectivity index (χ0n) is 24.4. The van der Waals surface area contributed by atoms with Crippen molar-refractivity contribution in [2.75, 3.05) is 42.6 Å². The second kappa shape index (κ2) is 11.6. The van der Waals surface area contributed by atoms with Gasteiger partial charge >= 0.3 is 0 Å². The lowest BCUT2D eigenvalue weighted by molar-refractivity contribution is -0.131. The van der Waals surface area contributed by atoms with Crippen molar-refractivity contribution in [1.82, 2.24) is 29.6 Å². The van der Waals surface area contributed by atoms with Crippen LogP contribution in [0.1, 0.15) is 18.4 Å². The highest BCUT2D eigenvalue weighted by Gasteiger charge is 2.40. The molecule has 3 N–H and O–H groups in total. The molecule has 11 nitrogen and oxygen atoms in total. The van der Waals surface area contributed by atoms with E-state index in [0.29, 0.717) is 60.8 Å². The van der Waals surface area contributed by atoms with Gasteiger partial charge in [-0.15, -0.1) is 0 Å². The molecule has 1 amide bonds. The van der Waals surface area contributed by atoms with Crippen molar-refractivity contribution < 1.29 is 13.6 Å². The first-order valence-electron chi connectivity index (χ1n) is 14.7. The summed E-state index contributed by atoms with van der Waals surface area (Å²) in [6.45, 7) is 1.46. The number of benzene rings is 2. The molecule has 1 saturated heterocycles. The molecular formula is C32H30F2N10O. The molecule has 5 aromatic rings. The average Bonchev–Trinajstić information content (AvgIpc) is 3.65. The van der Waals surface area contributed by atoms with Crippen LogP contribution in [0.2, 0.25) is 0 Å². The number of fused-ring (bicyclic) bond motifs is 7. The fourth-order valence-corrected chi connectivity index (χ4v) is 6.04. The third-order valence-corrected chi connectivity index (χ3v) is 8.24. The van der Waals surface area contributed by atoms with Crippen LogP contribution in [0.4, 0.5) is 26.1 Å². The number of aliphatic imine (C=N–C) groups is 1. The molecule has 45 heavy (non-hydrogen) atoms. The Balaban J connectivity index is 1.27. The number of halogens is 2. The molecule has 2 aliphatic rings. The van der Waals surface area contributed by atoms with E-state index in [1.807, 2.05) is 41.3 Å². The lowest BCUT2D eigenvalue weighted by atomic mass is 10.0. The Bertz CT molecular complexity index is 1940. The standard InChI is InChI=1S/C32H30F2N10O/c1-42-12-4-11-36-15-22-21(5-2-6-25(22)35)26-7-3-8-29(41-26)40-20-14-28(32(42)45)43(17-20)30-23-16-39-44(31(23)38-18-37-30)27-10-9-19(33)13-24(27)34/h2-3,5-10,13,15-16,18,20,28H,4,11-12,14,17,35H2,1H3,(H,40,41). The Labute approximate surface area is 257 Å². The van der Waals surface area contributed by atoms with E-state index in [1.165, 1.54) is 17.1 Å². The lowest BCUT2D eigenvalue weighted by Gasteiger charge is -2.28. The van der Waals surface area contributed by atoms with Gasteiger partial charge in [0, 0.05) is 61.8 Å². The number of nitrogen functional groups attached to an aromatic ring is 1. The molecule has 2 atom stereocenters. The number of nitrogens with one attached hydrogen (secondary N) is 1. The van der Waals surface area contributed by atoms with Crippen LogP contribution in [-0.4, -0.2) is 80.5 Å². The van der Waals surface area contributed by atoms with E-state index in [-0.39, 0.29) is 17.6 Å². The number of nitrogens with zero attached hydrogens (tertiary/aromatic N) is 8. The maximum atomic E-state index is 14.7. The van der Waals surface area contributed by atoms with E-state index < -0.39 is 17.7 Å². The molecule has 0 spiro atoms.